The summed E-state index contributed by atoms with van der Waals surface area (Å²) in [6.45, 7) is 2.10. The molecule has 6 heteroatoms. The third-order valence-corrected chi connectivity index (χ3v) is 2.67. The van der Waals surface area contributed by atoms with Crippen molar-refractivity contribution >= 4 is 39.6 Å². The lowest BCUT2D eigenvalue weighted by atomic mass is 10.3. The Morgan fingerprint density at radius 1 is 1.73 bits per heavy atom. The summed E-state index contributed by atoms with van der Waals surface area (Å²) in [7, 11) is 1.72. The number of rotatable bonds is 3. The van der Waals surface area contributed by atoms with Gasteiger partial charge in [0.25, 0.3) is 0 Å². The normalized spacial score (nSPS) is 10.9. The van der Waals surface area contributed by atoms with Crippen molar-refractivity contribution in [2.75, 3.05) is 6.61 Å². The Hall–Kier alpha value is -0.810. The molecule has 0 amide bonds. The summed E-state index contributed by atoms with van der Waals surface area (Å²) in [5.74, 6) is -0.399. The van der Waals surface area contributed by atoms with Crippen molar-refractivity contribution in [1.82, 2.24) is 9.78 Å². The van der Waals surface area contributed by atoms with E-state index < -0.39 is 5.97 Å². The van der Waals surface area contributed by atoms with Gasteiger partial charge in [0.15, 0.2) is 0 Å². The van der Waals surface area contributed by atoms with Crippen molar-refractivity contribution in [3.05, 3.63) is 21.4 Å². The first-order valence-electron chi connectivity index (χ1n) is 4.29. The lowest BCUT2D eigenvalue weighted by Gasteiger charge is -1.94. The van der Waals surface area contributed by atoms with E-state index >= 15 is 0 Å². The fourth-order valence-electron chi connectivity index (χ4n) is 0.968. The van der Waals surface area contributed by atoms with Crippen LogP contribution in [0.25, 0.3) is 6.08 Å². The van der Waals surface area contributed by atoms with Crippen LogP contribution in [0.2, 0.25) is 5.15 Å². The van der Waals surface area contributed by atoms with E-state index in [4.69, 9.17) is 16.3 Å². The first-order chi connectivity index (χ1) is 7.06. The summed E-state index contributed by atoms with van der Waals surface area (Å²) in [6, 6.07) is 0. The quantitative estimate of drug-likeness (QED) is 0.635. The van der Waals surface area contributed by atoms with Crippen LogP contribution in [0.5, 0.6) is 0 Å². The van der Waals surface area contributed by atoms with Crippen molar-refractivity contribution < 1.29 is 9.53 Å². The highest BCUT2D eigenvalue weighted by molar-refractivity contribution is 9.10. The lowest BCUT2D eigenvalue weighted by Crippen LogP contribution is -1.98. The summed E-state index contributed by atoms with van der Waals surface area (Å²) in [5, 5.41) is 4.49. The minimum atomic E-state index is -0.399. The molecule has 0 aromatic carbocycles. The number of nitrogens with zero attached hydrogens (tertiary/aromatic N) is 2. The molecule has 0 saturated heterocycles. The van der Waals surface area contributed by atoms with Gasteiger partial charge in [0.05, 0.1) is 6.61 Å². The highest BCUT2D eigenvalue weighted by atomic mass is 79.9. The smallest absolute Gasteiger partial charge is 0.330 e. The monoisotopic (exact) mass is 292 g/mol. The van der Waals surface area contributed by atoms with E-state index in [-0.39, 0.29) is 0 Å². The molecule has 1 aromatic heterocycles. The fourth-order valence-corrected chi connectivity index (χ4v) is 1.83. The number of hydrogen-bond donors (Lipinski definition) is 0. The number of esters is 1. The number of aromatic nitrogens is 2. The Morgan fingerprint density at radius 3 is 2.87 bits per heavy atom. The molecule has 0 atom stereocenters. The van der Waals surface area contributed by atoms with E-state index in [2.05, 4.69) is 21.0 Å². The average Bonchev–Trinajstić information content (AvgIpc) is 2.40. The van der Waals surface area contributed by atoms with Gasteiger partial charge in [-0.05, 0) is 28.9 Å². The molecule has 1 rings (SSSR count). The Labute approximate surface area is 101 Å². The largest absolute Gasteiger partial charge is 0.463 e. The van der Waals surface area contributed by atoms with Gasteiger partial charge in [-0.1, -0.05) is 11.6 Å². The molecule has 0 N–H and O–H groups in total. The van der Waals surface area contributed by atoms with Crippen LogP contribution in [0.3, 0.4) is 0 Å². The van der Waals surface area contributed by atoms with Crippen molar-refractivity contribution in [2.24, 2.45) is 7.05 Å². The maximum Gasteiger partial charge on any atom is 0.330 e. The van der Waals surface area contributed by atoms with Crippen molar-refractivity contribution in [1.29, 1.82) is 0 Å². The van der Waals surface area contributed by atoms with Crippen LogP contribution in [0.1, 0.15) is 12.5 Å². The zero-order chi connectivity index (χ0) is 11.4. The second kappa shape index (κ2) is 5.32. The molecule has 0 bridgehead atoms. The predicted octanol–water partition coefficient (Wildman–Crippen LogP) is 2.41. The number of aryl methyl sites for hydroxylation is 1. The summed E-state index contributed by atoms with van der Waals surface area (Å²) in [4.78, 5) is 11.1. The Kier molecular flexibility index (Phi) is 4.35. The van der Waals surface area contributed by atoms with Gasteiger partial charge in [-0.15, -0.1) is 0 Å². The number of ether oxygens (including phenoxy) is 1. The SMILES string of the molecule is CCOC(=O)/C=C/c1c(Br)nn(C)c1Cl. The minimum absolute atomic E-state index is 0.352. The highest BCUT2D eigenvalue weighted by Crippen LogP contribution is 2.24. The molecule has 1 aromatic rings. The van der Waals surface area contributed by atoms with E-state index in [1.165, 1.54) is 10.8 Å². The molecular weight excluding hydrogens is 283 g/mol. The topological polar surface area (TPSA) is 44.1 Å². The molecule has 0 saturated carbocycles. The first kappa shape index (κ1) is 12.3. The Bertz CT molecular complexity index is 401. The second-order valence-electron chi connectivity index (χ2n) is 2.70. The van der Waals surface area contributed by atoms with Crippen molar-refractivity contribution in [2.45, 2.75) is 6.92 Å². The predicted molar refractivity (Wildman–Crippen MR) is 61.6 cm³/mol. The van der Waals surface area contributed by atoms with Crippen LogP contribution in [0.4, 0.5) is 0 Å². The summed E-state index contributed by atoms with van der Waals surface area (Å²) in [6.07, 6.45) is 2.88. The molecule has 0 aliphatic heterocycles. The van der Waals surface area contributed by atoms with E-state index in [1.54, 1.807) is 20.0 Å². The molecule has 0 fully saturated rings. The zero-order valence-electron chi connectivity index (χ0n) is 8.33. The summed E-state index contributed by atoms with van der Waals surface area (Å²) < 4.78 is 6.84. The van der Waals surface area contributed by atoms with Gasteiger partial charge < -0.3 is 4.74 Å². The lowest BCUT2D eigenvalue weighted by molar-refractivity contribution is -0.137. The Morgan fingerprint density at radius 2 is 2.40 bits per heavy atom. The van der Waals surface area contributed by atoms with E-state index in [0.717, 1.165) is 0 Å². The van der Waals surface area contributed by atoms with Crippen LogP contribution in [-0.2, 0) is 16.6 Å². The fraction of sp³-hybridized carbons (Fsp3) is 0.333. The molecule has 0 aliphatic carbocycles. The van der Waals surface area contributed by atoms with E-state index in [0.29, 0.717) is 21.9 Å². The highest BCUT2D eigenvalue weighted by Gasteiger charge is 2.09. The van der Waals surface area contributed by atoms with Crippen molar-refractivity contribution in [3.63, 3.8) is 0 Å². The van der Waals surface area contributed by atoms with E-state index in [9.17, 15) is 4.79 Å². The van der Waals surface area contributed by atoms with Gasteiger partial charge in [-0.3, -0.25) is 4.68 Å². The third kappa shape index (κ3) is 3.07. The number of halogens is 2. The molecule has 82 valence electrons. The summed E-state index contributed by atoms with van der Waals surface area (Å²) >= 11 is 9.18. The van der Waals surface area contributed by atoms with Crippen LogP contribution in [-0.4, -0.2) is 22.4 Å². The van der Waals surface area contributed by atoms with Gasteiger partial charge >= 0.3 is 5.97 Å². The zero-order valence-corrected chi connectivity index (χ0v) is 10.7. The molecular formula is C9H10BrClN2O2. The maximum atomic E-state index is 11.1. The number of carbonyl (C=O) groups excluding carboxylic acids is 1. The van der Waals surface area contributed by atoms with Crippen molar-refractivity contribution in [3.8, 4) is 0 Å². The van der Waals surface area contributed by atoms with Crippen LogP contribution >= 0.6 is 27.5 Å². The molecule has 0 unspecified atom stereocenters. The second-order valence-corrected chi connectivity index (χ2v) is 3.81. The first-order valence-corrected chi connectivity index (χ1v) is 5.46. The molecule has 0 aliphatic rings. The van der Waals surface area contributed by atoms with Crippen LogP contribution in [0.15, 0.2) is 10.7 Å². The maximum absolute atomic E-state index is 11.1. The number of hydrogen-bond acceptors (Lipinski definition) is 3. The minimum Gasteiger partial charge on any atom is -0.463 e. The Balaban J connectivity index is 2.84. The molecule has 4 nitrogen and oxygen atoms in total. The molecule has 1 heterocycles. The van der Waals surface area contributed by atoms with Gasteiger partial charge in [-0.2, -0.15) is 5.10 Å². The van der Waals surface area contributed by atoms with Crippen LogP contribution in [0, 0.1) is 0 Å². The van der Waals surface area contributed by atoms with Gasteiger partial charge in [0.2, 0.25) is 0 Å². The third-order valence-electron chi connectivity index (χ3n) is 1.64. The van der Waals surface area contributed by atoms with Gasteiger partial charge in [-0.25, -0.2) is 4.79 Å². The van der Waals surface area contributed by atoms with Gasteiger partial charge in [0.1, 0.15) is 9.76 Å². The molecule has 0 radical (unpaired) electrons. The molecule has 15 heavy (non-hydrogen) atoms. The molecule has 0 spiro atoms. The average molecular weight is 294 g/mol. The van der Waals surface area contributed by atoms with E-state index in [1.807, 2.05) is 0 Å². The number of carbonyl (C=O) groups is 1. The van der Waals surface area contributed by atoms with Gasteiger partial charge in [0, 0.05) is 18.7 Å². The van der Waals surface area contributed by atoms with Crippen LogP contribution < -0.4 is 0 Å². The summed E-state index contributed by atoms with van der Waals surface area (Å²) in [5.41, 5.74) is 0.659. The standard InChI is InChI=1S/C9H10BrClN2O2/c1-3-15-7(14)5-4-6-8(10)12-13(2)9(6)11/h4-5H,3H2,1-2H3/b5-4+.